The third-order valence-corrected chi connectivity index (χ3v) is 5.32. The van der Waals surface area contributed by atoms with Crippen LogP contribution in [-0.2, 0) is 10.0 Å². The van der Waals surface area contributed by atoms with Crippen LogP contribution in [0, 0.1) is 3.57 Å². The van der Waals surface area contributed by atoms with Gasteiger partial charge in [0.25, 0.3) is 10.0 Å². The van der Waals surface area contributed by atoms with E-state index in [4.69, 9.17) is 11.6 Å². The van der Waals surface area contributed by atoms with Crippen molar-refractivity contribution in [3.8, 4) is 0 Å². The summed E-state index contributed by atoms with van der Waals surface area (Å²) in [5.74, 6) is 0. The number of aliphatic hydroxyl groups excluding tert-OH is 1. The van der Waals surface area contributed by atoms with E-state index in [1.807, 2.05) is 22.6 Å². The highest BCUT2D eigenvalue weighted by molar-refractivity contribution is 14.1. The van der Waals surface area contributed by atoms with Crippen LogP contribution in [-0.4, -0.2) is 13.5 Å². The Labute approximate surface area is 142 Å². The number of hydrogen-bond acceptors (Lipinski definition) is 3. The van der Waals surface area contributed by atoms with E-state index in [1.165, 1.54) is 12.1 Å². The van der Waals surface area contributed by atoms with Crippen molar-refractivity contribution in [1.29, 1.82) is 0 Å². The molecule has 1 unspecified atom stereocenters. The van der Waals surface area contributed by atoms with Crippen molar-refractivity contribution in [2.45, 2.75) is 17.9 Å². The molecule has 0 bridgehead atoms. The van der Waals surface area contributed by atoms with Crippen LogP contribution in [0.4, 0.5) is 5.69 Å². The van der Waals surface area contributed by atoms with Gasteiger partial charge in [0.05, 0.1) is 16.7 Å². The minimum absolute atomic E-state index is 0.103. The number of rotatable bonds is 4. The van der Waals surface area contributed by atoms with Crippen molar-refractivity contribution in [3.63, 3.8) is 0 Å². The Morgan fingerprint density at radius 2 is 1.95 bits per heavy atom. The number of anilines is 1. The molecule has 2 rings (SSSR count). The number of hydrogen-bond donors (Lipinski definition) is 2. The van der Waals surface area contributed by atoms with Crippen molar-refractivity contribution >= 4 is 49.9 Å². The summed E-state index contributed by atoms with van der Waals surface area (Å²) in [7, 11) is -3.71. The molecular formula is C14H13ClINO3S. The molecule has 4 nitrogen and oxygen atoms in total. The van der Waals surface area contributed by atoms with E-state index in [0.717, 1.165) is 0 Å². The molecule has 0 saturated carbocycles. The third-order valence-electron chi connectivity index (χ3n) is 2.83. The molecule has 1 atom stereocenters. The normalized spacial score (nSPS) is 13.0. The molecule has 0 aliphatic carbocycles. The van der Waals surface area contributed by atoms with E-state index in [0.29, 0.717) is 19.8 Å². The summed E-state index contributed by atoms with van der Waals surface area (Å²) in [6.07, 6.45) is -0.726. The van der Waals surface area contributed by atoms with E-state index in [2.05, 4.69) is 4.72 Å². The van der Waals surface area contributed by atoms with Gasteiger partial charge in [-0.05, 0) is 65.4 Å². The Morgan fingerprint density at radius 1 is 1.24 bits per heavy atom. The number of benzene rings is 2. The van der Waals surface area contributed by atoms with E-state index in [9.17, 15) is 13.5 Å². The van der Waals surface area contributed by atoms with Crippen LogP contribution in [0.15, 0.2) is 47.4 Å². The summed E-state index contributed by atoms with van der Waals surface area (Å²) in [6, 6.07) is 11.1. The van der Waals surface area contributed by atoms with Crippen LogP contribution in [0.25, 0.3) is 0 Å². The maximum atomic E-state index is 12.4. The van der Waals surface area contributed by atoms with Crippen LogP contribution in [0.1, 0.15) is 18.6 Å². The first-order valence-electron chi connectivity index (χ1n) is 6.05. The summed E-state index contributed by atoms with van der Waals surface area (Å²) < 4.78 is 28.0. The van der Waals surface area contributed by atoms with Crippen LogP contribution in [0.5, 0.6) is 0 Å². The highest BCUT2D eigenvalue weighted by atomic mass is 127. The minimum Gasteiger partial charge on any atom is -0.389 e. The fourth-order valence-corrected chi connectivity index (χ4v) is 4.04. The number of halogens is 2. The molecular weight excluding hydrogens is 425 g/mol. The second kappa shape index (κ2) is 6.51. The zero-order chi connectivity index (χ0) is 15.6. The Hall–Kier alpha value is -0.830. The highest BCUT2D eigenvalue weighted by Gasteiger charge is 2.17. The Bertz CT molecular complexity index is 763. The molecule has 2 aromatic rings. The van der Waals surface area contributed by atoms with Gasteiger partial charge in [0.15, 0.2) is 0 Å². The SMILES string of the molecule is CC(O)c1cccc(S(=O)(=O)Nc2ccc(Cl)cc2I)c1. The van der Waals surface area contributed by atoms with Crippen LogP contribution in [0.2, 0.25) is 5.02 Å². The predicted molar refractivity (Wildman–Crippen MR) is 92.1 cm³/mol. The molecule has 0 spiro atoms. The summed E-state index contributed by atoms with van der Waals surface area (Å²) in [5.41, 5.74) is 1.01. The van der Waals surface area contributed by atoms with Gasteiger partial charge in [-0.3, -0.25) is 4.72 Å². The van der Waals surface area contributed by atoms with Crippen LogP contribution >= 0.6 is 34.2 Å². The molecule has 21 heavy (non-hydrogen) atoms. The molecule has 2 N–H and O–H groups in total. The fourth-order valence-electron chi connectivity index (χ4n) is 1.72. The monoisotopic (exact) mass is 437 g/mol. The summed E-state index contributed by atoms with van der Waals surface area (Å²) in [5, 5.41) is 10.1. The molecule has 0 heterocycles. The van der Waals surface area contributed by atoms with Gasteiger partial charge in [-0.2, -0.15) is 0 Å². The maximum Gasteiger partial charge on any atom is 0.261 e. The lowest BCUT2D eigenvalue weighted by atomic mass is 10.1. The predicted octanol–water partition coefficient (Wildman–Crippen LogP) is 3.80. The molecule has 0 fully saturated rings. The molecule has 0 aliphatic rings. The van der Waals surface area contributed by atoms with Crippen LogP contribution in [0.3, 0.4) is 0 Å². The van der Waals surface area contributed by atoms with E-state index in [-0.39, 0.29) is 4.90 Å². The Morgan fingerprint density at radius 3 is 2.57 bits per heavy atom. The molecule has 0 saturated heterocycles. The van der Waals surface area contributed by atoms with Crippen molar-refractivity contribution < 1.29 is 13.5 Å². The van der Waals surface area contributed by atoms with Gasteiger partial charge < -0.3 is 5.11 Å². The maximum absolute atomic E-state index is 12.4. The van der Waals surface area contributed by atoms with Gasteiger partial charge in [-0.15, -0.1) is 0 Å². The van der Waals surface area contributed by atoms with Crippen molar-refractivity contribution in [2.75, 3.05) is 4.72 Å². The van der Waals surface area contributed by atoms with Gasteiger partial charge >= 0.3 is 0 Å². The quantitative estimate of drug-likeness (QED) is 0.715. The number of aliphatic hydroxyl groups is 1. The zero-order valence-electron chi connectivity index (χ0n) is 11.0. The average molecular weight is 438 g/mol. The van der Waals surface area contributed by atoms with E-state index >= 15 is 0 Å². The molecule has 0 radical (unpaired) electrons. The van der Waals surface area contributed by atoms with Crippen molar-refractivity contribution in [2.24, 2.45) is 0 Å². The van der Waals surface area contributed by atoms with Gasteiger partial charge in [0.1, 0.15) is 0 Å². The van der Waals surface area contributed by atoms with E-state index in [1.54, 1.807) is 37.3 Å². The Balaban J connectivity index is 2.36. The lowest BCUT2D eigenvalue weighted by Crippen LogP contribution is -2.14. The number of nitrogens with one attached hydrogen (secondary N) is 1. The largest absolute Gasteiger partial charge is 0.389 e. The first-order chi connectivity index (χ1) is 9.79. The number of sulfonamides is 1. The van der Waals surface area contributed by atoms with Crippen LogP contribution < -0.4 is 4.72 Å². The summed E-state index contributed by atoms with van der Waals surface area (Å²) in [4.78, 5) is 0.103. The minimum atomic E-state index is -3.71. The standard InChI is InChI=1S/C14H13ClINO3S/c1-9(18)10-3-2-4-12(7-10)21(19,20)17-14-6-5-11(15)8-13(14)16/h2-9,17-18H,1H3. The lowest BCUT2D eigenvalue weighted by molar-refractivity contribution is 0.199. The fraction of sp³-hybridized carbons (Fsp3) is 0.143. The Kier molecular flexibility index (Phi) is 5.13. The van der Waals surface area contributed by atoms with Gasteiger partial charge in [-0.1, -0.05) is 23.7 Å². The average Bonchev–Trinajstić information content (AvgIpc) is 2.42. The zero-order valence-corrected chi connectivity index (χ0v) is 14.8. The van der Waals surface area contributed by atoms with E-state index < -0.39 is 16.1 Å². The first kappa shape index (κ1) is 16.5. The van der Waals surface area contributed by atoms with Crippen molar-refractivity contribution in [1.82, 2.24) is 0 Å². The first-order valence-corrected chi connectivity index (χ1v) is 8.99. The molecule has 0 aliphatic heterocycles. The van der Waals surface area contributed by atoms with Crippen molar-refractivity contribution in [3.05, 3.63) is 56.6 Å². The second-order valence-electron chi connectivity index (χ2n) is 4.48. The molecule has 7 heteroatoms. The van der Waals surface area contributed by atoms with Gasteiger partial charge in [0, 0.05) is 8.59 Å². The lowest BCUT2D eigenvalue weighted by Gasteiger charge is -2.12. The summed E-state index contributed by atoms with van der Waals surface area (Å²) >= 11 is 7.86. The smallest absolute Gasteiger partial charge is 0.261 e. The topological polar surface area (TPSA) is 66.4 Å². The molecule has 0 aromatic heterocycles. The molecule has 0 amide bonds. The third kappa shape index (κ3) is 4.09. The van der Waals surface area contributed by atoms with Gasteiger partial charge in [0.2, 0.25) is 0 Å². The highest BCUT2D eigenvalue weighted by Crippen LogP contribution is 2.25. The second-order valence-corrected chi connectivity index (χ2v) is 7.76. The molecule has 112 valence electrons. The molecule has 2 aromatic carbocycles. The summed E-state index contributed by atoms with van der Waals surface area (Å²) in [6.45, 7) is 1.58. The van der Waals surface area contributed by atoms with Gasteiger partial charge in [-0.25, -0.2) is 8.42 Å².